The molecule has 0 amide bonds. The van der Waals surface area contributed by atoms with Crippen LogP contribution >= 0.6 is 24.0 Å². The average molecular weight is 470 g/mol. The molecule has 0 bridgehead atoms. The number of alkyl halides is 3. The average Bonchev–Trinajstić information content (AvgIpc) is 2.44. The van der Waals surface area contributed by atoms with Crippen LogP contribution in [0, 0.1) is 0 Å². The minimum atomic E-state index is -5.24. The Bertz CT molecular complexity index is 503. The molecule has 1 aliphatic rings. The number of nitrogens with one attached hydrogen (secondary N) is 2. The van der Waals surface area contributed by atoms with Gasteiger partial charge in [0, 0.05) is 25.7 Å². The van der Waals surface area contributed by atoms with Gasteiger partial charge in [0.15, 0.2) is 5.96 Å². The van der Waals surface area contributed by atoms with E-state index in [-0.39, 0.29) is 55.9 Å². The maximum absolute atomic E-state index is 12.5. The lowest BCUT2D eigenvalue weighted by Gasteiger charge is -2.32. The van der Waals surface area contributed by atoms with Gasteiger partial charge in [0.25, 0.3) is 0 Å². The zero-order valence-electron chi connectivity index (χ0n) is 12.8. The van der Waals surface area contributed by atoms with Gasteiger partial charge in [-0.15, -0.1) is 30.6 Å². The maximum Gasteiger partial charge on any atom is 0.511 e. The molecule has 0 radical (unpaired) electrons. The van der Waals surface area contributed by atoms with E-state index < -0.39 is 15.5 Å². The molecule has 0 unspecified atom stereocenters. The minimum Gasteiger partial charge on any atom is -0.357 e. The predicted octanol–water partition coefficient (Wildman–Crippen LogP) is 1.66. The van der Waals surface area contributed by atoms with Gasteiger partial charge in [-0.05, 0) is 19.8 Å². The second-order valence-electron chi connectivity index (χ2n) is 4.78. The molecule has 1 aliphatic heterocycles. The summed E-state index contributed by atoms with van der Waals surface area (Å²) in [6.45, 7) is 6.17. The summed E-state index contributed by atoms with van der Waals surface area (Å²) in [6, 6.07) is -0.123. The largest absolute Gasteiger partial charge is 0.511 e. The lowest BCUT2D eigenvalue weighted by molar-refractivity contribution is -0.0494. The van der Waals surface area contributed by atoms with Gasteiger partial charge >= 0.3 is 15.5 Å². The van der Waals surface area contributed by atoms with E-state index in [2.05, 4.69) is 22.2 Å². The minimum absolute atomic E-state index is 0. The summed E-state index contributed by atoms with van der Waals surface area (Å²) in [4.78, 5) is 4.20. The van der Waals surface area contributed by atoms with Crippen molar-refractivity contribution in [2.75, 3.05) is 26.2 Å². The van der Waals surface area contributed by atoms with Crippen molar-refractivity contribution in [3.05, 3.63) is 12.7 Å². The Hall–Kier alpha value is -0.560. The fourth-order valence-corrected chi connectivity index (χ4v) is 3.04. The topological polar surface area (TPSA) is 73.8 Å². The third-order valence-corrected chi connectivity index (χ3v) is 4.78. The number of nitrogens with zero attached hydrogens (tertiary/aromatic N) is 2. The van der Waals surface area contributed by atoms with E-state index in [0.29, 0.717) is 23.4 Å². The summed E-state index contributed by atoms with van der Waals surface area (Å²) in [5, 5.41) is 6.10. The molecule has 1 saturated heterocycles. The summed E-state index contributed by atoms with van der Waals surface area (Å²) in [5.41, 5.74) is -5.24. The zero-order valence-corrected chi connectivity index (χ0v) is 15.9. The number of rotatable bonds is 5. The van der Waals surface area contributed by atoms with Crippen molar-refractivity contribution < 1.29 is 21.6 Å². The van der Waals surface area contributed by atoms with Crippen molar-refractivity contribution in [1.29, 1.82) is 0 Å². The third-order valence-electron chi connectivity index (χ3n) is 3.15. The van der Waals surface area contributed by atoms with Crippen LogP contribution in [-0.2, 0) is 10.0 Å². The van der Waals surface area contributed by atoms with Gasteiger partial charge in [-0.3, -0.25) is 0 Å². The fourth-order valence-electron chi connectivity index (χ4n) is 2.06. The van der Waals surface area contributed by atoms with Gasteiger partial charge in [0.1, 0.15) is 0 Å². The smallest absolute Gasteiger partial charge is 0.357 e. The van der Waals surface area contributed by atoms with Gasteiger partial charge in [-0.1, -0.05) is 6.08 Å². The summed E-state index contributed by atoms with van der Waals surface area (Å²) >= 11 is 0. The first-order valence-corrected chi connectivity index (χ1v) is 8.38. The Labute approximate surface area is 151 Å². The Morgan fingerprint density at radius 2 is 1.96 bits per heavy atom. The molecule has 11 heteroatoms. The number of hydrogen-bond acceptors (Lipinski definition) is 3. The molecule has 0 aromatic rings. The number of piperidine rings is 1. The van der Waals surface area contributed by atoms with Crippen LogP contribution in [0.5, 0.6) is 0 Å². The molecule has 0 atom stereocenters. The molecule has 6 nitrogen and oxygen atoms in total. The molecule has 0 aromatic heterocycles. The van der Waals surface area contributed by atoms with E-state index in [9.17, 15) is 21.6 Å². The van der Waals surface area contributed by atoms with Crippen molar-refractivity contribution >= 4 is 40.0 Å². The van der Waals surface area contributed by atoms with Crippen LogP contribution in [-0.4, -0.2) is 56.4 Å². The Morgan fingerprint density at radius 1 is 1.39 bits per heavy atom. The quantitative estimate of drug-likeness (QED) is 0.278. The van der Waals surface area contributed by atoms with Crippen molar-refractivity contribution in [3.8, 4) is 0 Å². The first kappa shape index (κ1) is 22.4. The molecule has 0 saturated carbocycles. The molecule has 0 aromatic carbocycles. The van der Waals surface area contributed by atoms with E-state index in [1.165, 1.54) is 0 Å². The van der Waals surface area contributed by atoms with Crippen LogP contribution < -0.4 is 10.6 Å². The zero-order chi connectivity index (χ0) is 16.8. The normalized spacial score (nSPS) is 18.2. The molecule has 2 N–H and O–H groups in total. The van der Waals surface area contributed by atoms with Crippen molar-refractivity contribution in [2.24, 2.45) is 4.99 Å². The molecule has 0 spiro atoms. The number of hydrogen-bond donors (Lipinski definition) is 2. The van der Waals surface area contributed by atoms with Crippen molar-refractivity contribution in [2.45, 2.75) is 31.3 Å². The highest BCUT2D eigenvalue weighted by molar-refractivity contribution is 14.0. The third kappa shape index (κ3) is 6.45. The Balaban J connectivity index is 0.00000484. The first-order valence-electron chi connectivity index (χ1n) is 6.94. The molecular formula is C12H22F3IN4O2S. The molecule has 136 valence electrons. The van der Waals surface area contributed by atoms with Gasteiger partial charge in [-0.25, -0.2) is 13.4 Å². The second-order valence-corrected chi connectivity index (χ2v) is 6.71. The van der Waals surface area contributed by atoms with Crippen LogP contribution in [0.4, 0.5) is 13.2 Å². The molecule has 1 heterocycles. The summed E-state index contributed by atoms with van der Waals surface area (Å²) in [5.74, 6) is 0.541. The monoisotopic (exact) mass is 470 g/mol. The summed E-state index contributed by atoms with van der Waals surface area (Å²) in [7, 11) is -5.23. The number of aliphatic imine (C=N–C) groups is 1. The predicted molar refractivity (Wildman–Crippen MR) is 94.3 cm³/mol. The molecule has 1 fully saturated rings. The highest BCUT2D eigenvalue weighted by Gasteiger charge is 2.50. The van der Waals surface area contributed by atoms with E-state index in [1.807, 2.05) is 6.92 Å². The van der Waals surface area contributed by atoms with Gasteiger partial charge in [-0.2, -0.15) is 17.5 Å². The van der Waals surface area contributed by atoms with Crippen LogP contribution in [0.1, 0.15) is 19.8 Å². The maximum atomic E-state index is 12.5. The Kier molecular flexibility index (Phi) is 9.43. The molecular weight excluding hydrogens is 448 g/mol. The van der Waals surface area contributed by atoms with Crippen molar-refractivity contribution in [3.63, 3.8) is 0 Å². The molecule has 23 heavy (non-hydrogen) atoms. The van der Waals surface area contributed by atoms with Crippen LogP contribution in [0.25, 0.3) is 0 Å². The van der Waals surface area contributed by atoms with Gasteiger partial charge in [0.2, 0.25) is 0 Å². The fraction of sp³-hybridized carbons (Fsp3) is 0.750. The van der Waals surface area contributed by atoms with Crippen molar-refractivity contribution in [1.82, 2.24) is 14.9 Å². The SMILES string of the molecule is C=CCN=C(NCC)NC1CCN(S(=O)(=O)C(F)(F)F)CC1.I. The summed E-state index contributed by atoms with van der Waals surface area (Å²) < 4.78 is 60.6. The lowest BCUT2D eigenvalue weighted by Crippen LogP contribution is -2.51. The van der Waals surface area contributed by atoms with Crippen LogP contribution in [0.3, 0.4) is 0 Å². The lowest BCUT2D eigenvalue weighted by atomic mass is 10.1. The van der Waals surface area contributed by atoms with E-state index in [0.717, 1.165) is 0 Å². The second kappa shape index (κ2) is 9.67. The molecule has 0 aliphatic carbocycles. The molecule has 1 rings (SSSR count). The van der Waals surface area contributed by atoms with Crippen LogP contribution in [0.2, 0.25) is 0 Å². The first-order chi connectivity index (χ1) is 10.2. The Morgan fingerprint density at radius 3 is 2.39 bits per heavy atom. The standard InChI is InChI=1S/C12H21F3N4O2S.HI/c1-3-7-17-11(16-4-2)18-10-5-8-19(9-6-10)22(20,21)12(13,14)15;/h3,10H,1,4-9H2,2H3,(H2,16,17,18);1H. The number of guanidine groups is 1. The highest BCUT2D eigenvalue weighted by atomic mass is 127. The van der Waals surface area contributed by atoms with E-state index >= 15 is 0 Å². The van der Waals surface area contributed by atoms with E-state index in [1.54, 1.807) is 6.08 Å². The van der Waals surface area contributed by atoms with Gasteiger partial charge in [0.05, 0.1) is 6.54 Å². The number of halogens is 4. The summed E-state index contributed by atoms with van der Waals surface area (Å²) in [6.07, 6.45) is 2.19. The van der Waals surface area contributed by atoms with Gasteiger partial charge < -0.3 is 10.6 Å². The highest BCUT2D eigenvalue weighted by Crippen LogP contribution is 2.28. The van der Waals surface area contributed by atoms with Crippen LogP contribution in [0.15, 0.2) is 17.6 Å². The van der Waals surface area contributed by atoms with E-state index in [4.69, 9.17) is 0 Å². The number of sulfonamides is 1.